The van der Waals surface area contributed by atoms with Crippen molar-refractivity contribution in [2.45, 2.75) is 198 Å². The summed E-state index contributed by atoms with van der Waals surface area (Å²) in [5.41, 5.74) is 9.21. The van der Waals surface area contributed by atoms with Crippen LogP contribution in [0.25, 0.3) is 5.57 Å². The Bertz CT molecular complexity index is 4980. The van der Waals surface area contributed by atoms with Gasteiger partial charge in [0.15, 0.2) is 22.8 Å². The van der Waals surface area contributed by atoms with Crippen LogP contribution < -0.4 is 10.1 Å². The number of carboxylic acids is 1. The molecule has 9 aromatic rings. The van der Waals surface area contributed by atoms with E-state index in [1.807, 2.05) is 24.4 Å². The molecule has 31 nitrogen and oxygen atoms in total. The Balaban J connectivity index is 0.000000203. The zero-order valence-corrected chi connectivity index (χ0v) is 72.0. The van der Waals surface area contributed by atoms with E-state index >= 15 is 0 Å². The molecule has 3 fully saturated rings. The molecule has 0 spiro atoms. The van der Waals surface area contributed by atoms with Crippen molar-refractivity contribution in [3.63, 3.8) is 0 Å². The number of aliphatic hydroxyl groups excluding tert-OH is 1. The summed E-state index contributed by atoms with van der Waals surface area (Å²) in [5.74, 6) is -3.71. The van der Waals surface area contributed by atoms with Crippen molar-refractivity contribution in [2.24, 2.45) is 0 Å². The third-order valence-electron chi connectivity index (χ3n) is 19.5. The quantitative estimate of drug-likeness (QED) is 0.0205. The summed E-state index contributed by atoms with van der Waals surface area (Å²) in [5, 5.41) is 36.7. The van der Waals surface area contributed by atoms with Gasteiger partial charge in [-0.3, -0.25) is 38.9 Å². The number of rotatable bonds is 20. The summed E-state index contributed by atoms with van der Waals surface area (Å²) >= 11 is 10.8. The number of alkyl halides is 3. The number of anilines is 1. The van der Waals surface area contributed by atoms with Gasteiger partial charge in [-0.15, -0.1) is 0 Å². The smallest absolute Gasteiger partial charge is 0.483 e. The molecule has 125 heavy (non-hydrogen) atoms. The molecule has 0 atom stereocenters. The molecule has 6 heterocycles. The molecule has 0 unspecified atom stereocenters. The van der Waals surface area contributed by atoms with Gasteiger partial charge in [0.1, 0.15) is 41.4 Å². The number of benzene rings is 3. The molecule has 3 aromatic carbocycles. The molecule has 666 valence electrons. The average Bonchev–Trinajstić information content (AvgIpc) is 0.822. The number of nitrogens with zero attached hydrogens (tertiary/aromatic N) is 12. The van der Waals surface area contributed by atoms with Gasteiger partial charge >= 0.3 is 49.0 Å². The van der Waals surface area contributed by atoms with Crippen molar-refractivity contribution in [2.75, 3.05) is 32.9 Å². The van der Waals surface area contributed by atoms with Gasteiger partial charge in [-0.1, -0.05) is 154 Å². The number of halogens is 5. The number of amides is 1. The fourth-order valence-corrected chi connectivity index (χ4v) is 13.4. The second-order valence-corrected chi connectivity index (χ2v) is 31.1. The van der Waals surface area contributed by atoms with Gasteiger partial charge in [0, 0.05) is 48.1 Å². The number of aromatic carboxylic acids is 1. The Hall–Kier alpha value is -11.5. The van der Waals surface area contributed by atoms with Gasteiger partial charge in [-0.05, 0) is 124 Å². The number of ether oxygens (including phenoxy) is 5. The zero-order chi connectivity index (χ0) is 90.4. The zero-order valence-electron chi connectivity index (χ0n) is 69.7. The van der Waals surface area contributed by atoms with Crippen LogP contribution in [0.3, 0.4) is 0 Å². The maximum Gasteiger partial charge on any atom is 0.483 e. The minimum absolute atomic E-state index is 0.0121. The van der Waals surface area contributed by atoms with Gasteiger partial charge in [0.2, 0.25) is 0 Å². The number of hydrogen-bond acceptors (Lipinski definition) is 29. The van der Waals surface area contributed by atoms with Crippen molar-refractivity contribution in [1.82, 2.24) is 59.8 Å². The fourth-order valence-electron chi connectivity index (χ4n) is 12.9. The summed E-state index contributed by atoms with van der Waals surface area (Å²) in [7, 11) is -0.667. The predicted molar refractivity (Wildman–Crippen MR) is 457 cm³/mol. The van der Waals surface area contributed by atoms with Crippen LogP contribution in [0, 0.1) is 0 Å². The second-order valence-electron chi connectivity index (χ2n) is 28.7. The van der Waals surface area contributed by atoms with E-state index in [9.17, 15) is 50.4 Å². The van der Waals surface area contributed by atoms with Gasteiger partial charge in [-0.2, -0.15) is 21.6 Å². The van der Waals surface area contributed by atoms with Crippen LogP contribution in [0.15, 0.2) is 171 Å². The number of methoxy groups -OCH3 is 3. The van der Waals surface area contributed by atoms with Gasteiger partial charge < -0.3 is 49.3 Å². The summed E-state index contributed by atoms with van der Waals surface area (Å²) in [6.07, 6.45) is 45.8. The summed E-state index contributed by atoms with van der Waals surface area (Å²) in [4.78, 5) is 115. The standard InChI is InChI=1S/C23H18F3NO4.C12H18N2O3S.C12H16N2O2.C12H14N2O2.C11H16N2O.C6H11BO2.C6H5ClN2O2.C5H3ClN2O2/c24-23(25,26)22(29)27-18-11-12-19(21(28)31-15-17-9-5-2-6-10-17)20(13-18)30-14-16-7-3-1-4-8-16;1-18(15,16)17-9-11-7-14-12(8-13-11)10-5-3-2-4-6-10;2*1-16-12(15)11-8-13-10(7-14-11)9-5-3-2-4-6-9;14-8-10-6-13-11(7-12-10)9-4-2-1-3-5-9;8-7(9)6-4-2-1-3-5-6;1-11-6(10)4-2-9-5(7)3-8-4;6-4-2-7-3(1-8-4)5(9)10/h1-13H,14-15H2,(H,27,29);7-8,10H,2-6,9H2,1H3;7-9H,2-6H2,1H3;5,7-8H,2-4,6H2,1H3;6-7,9,14H,1-5,8H2;4,8-9H,1-3,5H2;2-3H,1H3;1-2H,(H,9,10). The van der Waals surface area contributed by atoms with E-state index in [1.54, 1.807) is 84.8 Å². The van der Waals surface area contributed by atoms with Crippen LogP contribution >= 0.6 is 23.2 Å². The molecule has 0 saturated heterocycles. The monoisotopic (exact) mass is 1790 g/mol. The van der Waals surface area contributed by atoms with Crippen LogP contribution in [0.5, 0.6) is 5.75 Å². The van der Waals surface area contributed by atoms with Gasteiger partial charge in [-0.25, -0.2) is 53.9 Å². The lowest BCUT2D eigenvalue weighted by Gasteiger charge is -2.20. The molecule has 38 heteroatoms. The highest BCUT2D eigenvalue weighted by atomic mass is 35.5. The Morgan fingerprint density at radius 2 is 0.936 bits per heavy atom. The molecule has 5 aliphatic carbocycles. The molecular weight excluding hydrogens is 1690 g/mol. The lowest BCUT2D eigenvalue weighted by atomic mass is 9.74. The number of nitrogens with one attached hydrogen (secondary N) is 1. The van der Waals surface area contributed by atoms with Gasteiger partial charge in [0.05, 0.1) is 124 Å². The molecule has 0 radical (unpaired) electrons. The number of aromatic nitrogens is 12. The molecule has 6 aromatic heterocycles. The van der Waals surface area contributed by atoms with Crippen LogP contribution in [0.4, 0.5) is 18.9 Å². The van der Waals surface area contributed by atoms with Crippen molar-refractivity contribution >= 4 is 87.5 Å². The lowest BCUT2D eigenvalue weighted by molar-refractivity contribution is -0.167. The first-order valence-electron chi connectivity index (χ1n) is 40.4. The van der Waals surface area contributed by atoms with E-state index in [4.69, 9.17) is 52.9 Å². The lowest BCUT2D eigenvalue weighted by Crippen LogP contribution is -2.29. The van der Waals surface area contributed by atoms with Crippen molar-refractivity contribution < 1.29 is 98.5 Å². The minimum atomic E-state index is -5.04. The Labute approximate surface area is 733 Å². The summed E-state index contributed by atoms with van der Waals surface area (Å²) in [6, 6.07) is 21.6. The summed E-state index contributed by atoms with van der Waals surface area (Å²) < 4.78 is 88.5. The fraction of sp³-hybridized carbons (Fsp3) is 0.402. The number of aliphatic hydroxyl groups is 1. The molecule has 5 N–H and O–H groups in total. The maximum absolute atomic E-state index is 12.6. The normalized spacial score (nSPS) is 14.4. The summed E-state index contributed by atoms with van der Waals surface area (Å²) in [6.45, 7) is 0.0234. The number of carboxylic acid groups (broad SMARTS) is 1. The first-order chi connectivity index (χ1) is 60.1. The van der Waals surface area contributed by atoms with E-state index in [1.165, 1.54) is 186 Å². The molecule has 1 amide bonds. The van der Waals surface area contributed by atoms with Crippen LogP contribution in [0.2, 0.25) is 10.3 Å². The van der Waals surface area contributed by atoms with Crippen LogP contribution in [-0.4, -0.2) is 165 Å². The van der Waals surface area contributed by atoms with Crippen LogP contribution in [0.1, 0.15) is 263 Å². The average molecular weight is 1790 g/mol. The Kier molecular flexibility index (Phi) is 43.7. The highest BCUT2D eigenvalue weighted by Crippen LogP contribution is 2.35. The van der Waals surface area contributed by atoms with E-state index in [-0.39, 0.29) is 76.5 Å². The number of carbonyl (C=O) groups is 6. The van der Waals surface area contributed by atoms with E-state index in [0.717, 1.165) is 90.0 Å². The Morgan fingerprint density at radius 3 is 1.32 bits per heavy atom. The van der Waals surface area contributed by atoms with Crippen molar-refractivity contribution in [3.8, 4) is 5.75 Å². The second kappa shape index (κ2) is 54.3. The molecule has 14 rings (SSSR count). The highest BCUT2D eigenvalue weighted by Gasteiger charge is 2.39. The van der Waals surface area contributed by atoms with E-state index in [0.29, 0.717) is 29.1 Å². The Morgan fingerprint density at radius 1 is 0.488 bits per heavy atom. The SMILES string of the molecule is COC(=O)c1cnc(C2=CCCCC2)cn1.COC(=O)c1cnc(C2CCCCC2)cn1.COC(=O)c1cnc(Cl)cn1.CS(=O)(=O)OCc1cnc(C2CCCCC2)cn1.O=C(O)c1cnc(Cl)cn1.O=C(OCc1ccccc1)c1ccc(NC(=O)C(F)(F)F)cc1OCc1ccccc1.OB(O)C1=CCCCC1.OCc1cnc(C2CCCCC2)cn1. The molecule has 3 saturated carbocycles. The third kappa shape index (κ3) is 37.4. The number of esters is 4. The van der Waals surface area contributed by atoms with Crippen LogP contribution in [-0.2, 0) is 64.5 Å². The minimum Gasteiger partial charge on any atom is -0.488 e. The number of hydrogen-bond donors (Lipinski definition) is 5. The predicted octanol–water partition coefficient (Wildman–Crippen LogP) is 15.9. The third-order valence-corrected chi connectivity index (χ3v) is 20.5. The highest BCUT2D eigenvalue weighted by molar-refractivity contribution is 7.85. The molecule has 0 bridgehead atoms. The molecular formula is C87H101BCl2F3N13O18S. The van der Waals surface area contributed by atoms with E-state index in [2.05, 4.69) is 84.3 Å². The maximum atomic E-state index is 12.6. The van der Waals surface area contributed by atoms with Crippen molar-refractivity contribution in [1.29, 1.82) is 0 Å². The molecule has 5 aliphatic rings. The van der Waals surface area contributed by atoms with Crippen molar-refractivity contribution in [3.05, 3.63) is 255 Å². The first-order valence-corrected chi connectivity index (χ1v) is 43.0. The topological polar surface area (TPSA) is 440 Å². The largest absolute Gasteiger partial charge is 0.488 e. The number of carbonyl (C=O) groups excluding carboxylic acids is 5. The first kappa shape index (κ1) is 101. The van der Waals surface area contributed by atoms with Gasteiger partial charge in [0.25, 0.3) is 10.1 Å². The molecule has 0 aliphatic heterocycles. The van der Waals surface area contributed by atoms with E-state index < -0.39 is 59.2 Å². The number of allylic oxidation sites excluding steroid dienone is 4.